The molecule has 36 heavy (non-hydrogen) atoms. The Hall–Kier alpha value is -4.39. The Kier molecular flexibility index (Phi) is 7.07. The van der Waals surface area contributed by atoms with E-state index in [9.17, 15) is 4.79 Å². The summed E-state index contributed by atoms with van der Waals surface area (Å²) in [6.45, 7) is 1.52. The Morgan fingerprint density at radius 2 is 1.47 bits per heavy atom. The fourth-order valence-electron chi connectivity index (χ4n) is 4.26. The molecule has 182 valence electrons. The summed E-state index contributed by atoms with van der Waals surface area (Å²) in [5, 5.41) is 11.9. The van der Waals surface area contributed by atoms with Crippen LogP contribution in [0.25, 0.3) is 11.3 Å². The summed E-state index contributed by atoms with van der Waals surface area (Å²) < 4.78 is 11.0. The molecule has 1 aliphatic heterocycles. The molecule has 2 heterocycles. The van der Waals surface area contributed by atoms with Crippen LogP contribution in [-0.4, -0.2) is 36.3 Å². The van der Waals surface area contributed by atoms with Gasteiger partial charge in [-0.25, -0.2) is 0 Å². The lowest BCUT2D eigenvalue weighted by atomic mass is 9.95. The molecule has 3 aromatic carbocycles. The van der Waals surface area contributed by atoms with Gasteiger partial charge in [0.2, 0.25) is 5.91 Å². The smallest absolute Gasteiger partial charge is 0.227 e. The van der Waals surface area contributed by atoms with Crippen molar-refractivity contribution in [2.24, 2.45) is 5.92 Å². The van der Waals surface area contributed by atoms with Crippen molar-refractivity contribution in [1.82, 2.24) is 10.2 Å². The van der Waals surface area contributed by atoms with Gasteiger partial charge in [-0.05, 0) is 85.6 Å². The summed E-state index contributed by atoms with van der Waals surface area (Å²) in [6, 6.07) is 28.8. The third-order valence-corrected chi connectivity index (χ3v) is 6.33. The average molecular weight is 481 g/mol. The molecule has 1 saturated heterocycles. The maximum Gasteiger partial charge on any atom is 0.227 e. The van der Waals surface area contributed by atoms with Crippen LogP contribution in [0.3, 0.4) is 0 Å². The van der Waals surface area contributed by atoms with Crippen LogP contribution in [0.5, 0.6) is 17.2 Å². The lowest BCUT2D eigenvalue weighted by molar-refractivity contribution is -0.120. The summed E-state index contributed by atoms with van der Waals surface area (Å²) in [7, 11) is 1.65. The first-order chi connectivity index (χ1) is 17.7. The Morgan fingerprint density at radius 1 is 0.806 bits per heavy atom. The van der Waals surface area contributed by atoms with E-state index in [0.29, 0.717) is 0 Å². The third-order valence-electron chi connectivity index (χ3n) is 6.33. The highest BCUT2D eigenvalue weighted by molar-refractivity contribution is 5.92. The predicted molar refractivity (Wildman–Crippen MR) is 141 cm³/mol. The van der Waals surface area contributed by atoms with Crippen LogP contribution < -0.4 is 19.7 Å². The summed E-state index contributed by atoms with van der Waals surface area (Å²) >= 11 is 0. The SMILES string of the molecule is COc1ccc(-c2ccc(N3CCC(C(=O)Nc4ccc(Oc5ccccc5)cc4)CC3)nn2)cc1. The largest absolute Gasteiger partial charge is 0.497 e. The number of carbonyl (C=O) groups excluding carboxylic acids is 1. The molecule has 1 amide bonds. The van der Waals surface area contributed by atoms with Crippen molar-refractivity contribution in [2.45, 2.75) is 12.8 Å². The van der Waals surface area contributed by atoms with E-state index in [2.05, 4.69) is 20.4 Å². The minimum atomic E-state index is -0.0342. The number of hydrogen-bond donors (Lipinski definition) is 1. The normalized spacial score (nSPS) is 13.8. The molecule has 1 N–H and O–H groups in total. The minimum Gasteiger partial charge on any atom is -0.497 e. The highest BCUT2D eigenvalue weighted by atomic mass is 16.5. The average Bonchev–Trinajstić information content (AvgIpc) is 2.95. The summed E-state index contributed by atoms with van der Waals surface area (Å²) in [5.74, 6) is 3.16. The van der Waals surface area contributed by atoms with Crippen molar-refractivity contribution in [3.8, 4) is 28.5 Å². The molecule has 0 radical (unpaired) electrons. The molecule has 0 atom stereocenters. The molecule has 5 rings (SSSR count). The van der Waals surface area contributed by atoms with Crippen molar-refractivity contribution in [1.29, 1.82) is 0 Å². The molecule has 7 heteroatoms. The molecule has 0 spiro atoms. The molecule has 1 aromatic heterocycles. The standard InChI is InChI=1S/C29H28N4O3/c1-35-24-11-7-21(8-12-24)27-15-16-28(32-31-27)33-19-17-22(18-20-33)29(34)30-23-9-13-26(14-10-23)36-25-5-3-2-4-6-25/h2-16,22H,17-20H2,1H3,(H,30,34). The summed E-state index contributed by atoms with van der Waals surface area (Å²) in [5.41, 5.74) is 2.57. The first-order valence-corrected chi connectivity index (χ1v) is 12.0. The number of carbonyl (C=O) groups is 1. The second-order valence-electron chi connectivity index (χ2n) is 8.70. The van der Waals surface area contributed by atoms with E-state index >= 15 is 0 Å². The van der Waals surface area contributed by atoms with Gasteiger partial charge >= 0.3 is 0 Å². The van der Waals surface area contributed by atoms with Crippen molar-refractivity contribution in [3.63, 3.8) is 0 Å². The molecule has 0 unspecified atom stereocenters. The topological polar surface area (TPSA) is 76.6 Å². The summed E-state index contributed by atoms with van der Waals surface area (Å²) in [4.78, 5) is 15.0. The van der Waals surface area contributed by atoms with Crippen LogP contribution in [0.15, 0.2) is 91.0 Å². The van der Waals surface area contributed by atoms with Gasteiger partial charge in [-0.1, -0.05) is 18.2 Å². The van der Waals surface area contributed by atoms with Crippen molar-refractivity contribution in [2.75, 3.05) is 30.4 Å². The van der Waals surface area contributed by atoms with Crippen LogP contribution in [0.1, 0.15) is 12.8 Å². The molecule has 1 aliphatic rings. The van der Waals surface area contributed by atoms with Gasteiger partial charge in [-0.15, -0.1) is 10.2 Å². The number of ether oxygens (including phenoxy) is 2. The predicted octanol–water partition coefficient (Wildman–Crippen LogP) is 5.80. The number of piperidine rings is 1. The molecule has 0 bridgehead atoms. The zero-order valence-electron chi connectivity index (χ0n) is 20.1. The second kappa shape index (κ2) is 10.9. The maximum atomic E-state index is 12.8. The fraction of sp³-hybridized carbons (Fsp3) is 0.207. The third kappa shape index (κ3) is 5.63. The van der Waals surface area contributed by atoms with E-state index in [0.717, 1.165) is 65.9 Å². The van der Waals surface area contributed by atoms with Gasteiger partial charge < -0.3 is 19.7 Å². The van der Waals surface area contributed by atoms with E-state index in [1.807, 2.05) is 91.0 Å². The lowest BCUT2D eigenvalue weighted by Gasteiger charge is -2.31. The first-order valence-electron chi connectivity index (χ1n) is 12.0. The van der Waals surface area contributed by atoms with Crippen molar-refractivity contribution in [3.05, 3.63) is 91.0 Å². The molecular formula is C29H28N4O3. The molecule has 4 aromatic rings. The lowest BCUT2D eigenvalue weighted by Crippen LogP contribution is -2.38. The van der Waals surface area contributed by atoms with Crippen LogP contribution in [0.4, 0.5) is 11.5 Å². The molecular weight excluding hydrogens is 452 g/mol. The van der Waals surface area contributed by atoms with E-state index in [-0.39, 0.29) is 11.8 Å². The van der Waals surface area contributed by atoms with E-state index < -0.39 is 0 Å². The zero-order chi connectivity index (χ0) is 24.7. The number of anilines is 2. The van der Waals surface area contributed by atoms with Crippen molar-refractivity contribution < 1.29 is 14.3 Å². The van der Waals surface area contributed by atoms with Crippen LogP contribution in [-0.2, 0) is 4.79 Å². The van der Waals surface area contributed by atoms with Gasteiger partial charge in [0.05, 0.1) is 12.8 Å². The first kappa shape index (κ1) is 23.4. The number of benzene rings is 3. The van der Waals surface area contributed by atoms with Crippen LogP contribution in [0, 0.1) is 5.92 Å². The molecule has 7 nitrogen and oxygen atoms in total. The number of rotatable bonds is 7. The van der Waals surface area contributed by atoms with Gasteiger partial charge in [0.25, 0.3) is 0 Å². The van der Waals surface area contributed by atoms with Crippen LogP contribution in [0.2, 0.25) is 0 Å². The van der Waals surface area contributed by atoms with Gasteiger partial charge in [0, 0.05) is 30.3 Å². The fourth-order valence-corrected chi connectivity index (χ4v) is 4.26. The van der Waals surface area contributed by atoms with E-state index in [1.165, 1.54) is 0 Å². The molecule has 1 fully saturated rings. The number of amides is 1. The number of nitrogens with zero attached hydrogens (tertiary/aromatic N) is 3. The summed E-state index contributed by atoms with van der Waals surface area (Å²) in [6.07, 6.45) is 1.53. The van der Waals surface area contributed by atoms with Crippen molar-refractivity contribution >= 4 is 17.4 Å². The van der Waals surface area contributed by atoms with Gasteiger partial charge in [0.1, 0.15) is 17.2 Å². The highest BCUT2D eigenvalue weighted by Gasteiger charge is 2.26. The number of nitrogens with one attached hydrogen (secondary N) is 1. The van der Waals surface area contributed by atoms with Crippen LogP contribution >= 0.6 is 0 Å². The highest BCUT2D eigenvalue weighted by Crippen LogP contribution is 2.26. The quantitative estimate of drug-likeness (QED) is 0.360. The molecule has 0 saturated carbocycles. The molecule has 0 aliphatic carbocycles. The Bertz CT molecular complexity index is 1270. The minimum absolute atomic E-state index is 0.0342. The second-order valence-corrected chi connectivity index (χ2v) is 8.70. The maximum absolute atomic E-state index is 12.8. The van der Waals surface area contributed by atoms with E-state index in [1.54, 1.807) is 7.11 Å². The number of methoxy groups -OCH3 is 1. The van der Waals surface area contributed by atoms with Gasteiger partial charge in [-0.3, -0.25) is 4.79 Å². The Balaban J connectivity index is 1.12. The monoisotopic (exact) mass is 480 g/mol. The number of hydrogen-bond acceptors (Lipinski definition) is 6. The number of para-hydroxylation sites is 1. The zero-order valence-corrected chi connectivity index (χ0v) is 20.1. The Morgan fingerprint density at radius 3 is 2.11 bits per heavy atom. The Labute approximate surface area is 210 Å². The van der Waals surface area contributed by atoms with Gasteiger partial charge in [0.15, 0.2) is 5.82 Å². The number of aromatic nitrogens is 2. The van der Waals surface area contributed by atoms with Gasteiger partial charge in [-0.2, -0.15) is 0 Å². The van der Waals surface area contributed by atoms with E-state index in [4.69, 9.17) is 9.47 Å².